The lowest BCUT2D eigenvalue weighted by Crippen LogP contribution is -2.14. The third-order valence-corrected chi connectivity index (χ3v) is 6.58. The number of nitrogens with zero attached hydrogens (tertiary/aromatic N) is 4. The second-order valence-corrected chi connectivity index (χ2v) is 8.58. The lowest BCUT2D eigenvalue weighted by atomic mass is 10.1. The van der Waals surface area contributed by atoms with E-state index in [0.717, 1.165) is 5.56 Å². The molecule has 0 amide bonds. The van der Waals surface area contributed by atoms with Crippen LogP contribution in [0.4, 0.5) is 10.1 Å². The summed E-state index contributed by atoms with van der Waals surface area (Å²) in [7, 11) is -3.74. The predicted octanol–water partition coefficient (Wildman–Crippen LogP) is 3.31. The summed E-state index contributed by atoms with van der Waals surface area (Å²) in [4.78, 5) is 8.87. The average Bonchev–Trinajstić information content (AvgIpc) is 3.39. The first-order valence-electron chi connectivity index (χ1n) is 8.85. The highest BCUT2D eigenvalue weighted by atomic mass is 32.2. The smallest absolute Gasteiger partial charge is 0.222 e. The molecular weight excluding hydrogens is 393 g/mol. The van der Waals surface area contributed by atoms with Gasteiger partial charge in [-0.15, -0.1) is 5.10 Å². The van der Waals surface area contributed by atoms with Crippen molar-refractivity contribution in [3.05, 3.63) is 65.6 Å². The topological polar surface area (TPSA) is 96.1 Å². The van der Waals surface area contributed by atoms with Crippen LogP contribution in [0.3, 0.4) is 0 Å². The molecule has 1 N–H and O–H groups in total. The monoisotopic (exact) mass is 407 g/mol. The van der Waals surface area contributed by atoms with E-state index in [-0.39, 0.29) is 22.2 Å². The number of hydrogen-bond acceptors (Lipinski definition) is 7. The maximum absolute atomic E-state index is 13.7. The SMILES string of the molecule is O=S(=O)(C1=NN=CC1)c1ccc2nccc(NC3=NCc4ccc(F)cc43)c2c1. The molecule has 144 valence electrons. The molecule has 9 heteroatoms. The number of rotatable bonds is 2. The van der Waals surface area contributed by atoms with Crippen molar-refractivity contribution in [1.82, 2.24) is 4.98 Å². The maximum atomic E-state index is 13.7. The molecule has 0 aliphatic carbocycles. The molecule has 0 saturated heterocycles. The van der Waals surface area contributed by atoms with Crippen LogP contribution in [0.15, 0.2) is 68.8 Å². The molecule has 3 heterocycles. The largest absolute Gasteiger partial charge is 0.339 e. The summed E-state index contributed by atoms with van der Waals surface area (Å²) >= 11 is 0. The van der Waals surface area contributed by atoms with E-state index in [1.165, 1.54) is 24.4 Å². The minimum atomic E-state index is -3.74. The minimum Gasteiger partial charge on any atom is -0.339 e. The van der Waals surface area contributed by atoms with Crippen molar-refractivity contribution in [2.45, 2.75) is 17.9 Å². The highest BCUT2D eigenvalue weighted by Crippen LogP contribution is 2.28. The van der Waals surface area contributed by atoms with Gasteiger partial charge >= 0.3 is 0 Å². The van der Waals surface area contributed by atoms with Crippen LogP contribution < -0.4 is 5.32 Å². The van der Waals surface area contributed by atoms with E-state index < -0.39 is 9.84 Å². The lowest BCUT2D eigenvalue weighted by Gasteiger charge is -2.12. The number of amidine groups is 1. The molecule has 2 aromatic carbocycles. The second kappa shape index (κ2) is 6.56. The van der Waals surface area contributed by atoms with Crippen LogP contribution in [0, 0.1) is 5.82 Å². The van der Waals surface area contributed by atoms with Gasteiger partial charge in [0.15, 0.2) is 5.04 Å². The standard InChI is InChI=1S/C20H14FN5O2S/c21-13-2-1-12-11-23-20(15(12)9-13)25-18-5-7-22-17-4-3-14(10-16(17)18)29(27,28)19-6-8-24-26-19/h1-5,7-10H,6,11H2,(H,22,23,25). The number of benzene rings is 2. The number of sulfone groups is 1. The molecule has 0 saturated carbocycles. The summed E-state index contributed by atoms with van der Waals surface area (Å²) in [5.41, 5.74) is 2.87. The first-order chi connectivity index (χ1) is 14.0. The van der Waals surface area contributed by atoms with E-state index in [1.807, 2.05) is 0 Å². The van der Waals surface area contributed by atoms with Crippen LogP contribution in [0.2, 0.25) is 0 Å². The van der Waals surface area contributed by atoms with Crippen molar-refractivity contribution in [3.8, 4) is 0 Å². The Morgan fingerprint density at radius 1 is 1.07 bits per heavy atom. The number of fused-ring (bicyclic) bond motifs is 2. The van der Waals surface area contributed by atoms with Gasteiger partial charge in [0, 0.05) is 29.8 Å². The Morgan fingerprint density at radius 3 is 2.79 bits per heavy atom. The summed E-state index contributed by atoms with van der Waals surface area (Å²) in [5, 5.41) is 11.2. The van der Waals surface area contributed by atoms with E-state index in [1.54, 1.807) is 30.5 Å². The molecule has 0 bridgehead atoms. The fourth-order valence-electron chi connectivity index (χ4n) is 3.36. The van der Waals surface area contributed by atoms with Gasteiger partial charge in [-0.3, -0.25) is 9.98 Å². The Bertz CT molecular complexity index is 1360. The lowest BCUT2D eigenvalue weighted by molar-refractivity contribution is 0.607. The minimum absolute atomic E-state index is 0.0137. The molecule has 2 aliphatic rings. The summed E-state index contributed by atoms with van der Waals surface area (Å²) in [6, 6.07) is 11.0. The summed E-state index contributed by atoms with van der Waals surface area (Å²) in [5.74, 6) is 0.196. The van der Waals surface area contributed by atoms with Crippen molar-refractivity contribution in [3.63, 3.8) is 0 Å². The summed E-state index contributed by atoms with van der Waals surface area (Å²) in [6.45, 7) is 0.459. The van der Waals surface area contributed by atoms with E-state index in [4.69, 9.17) is 0 Å². The van der Waals surface area contributed by atoms with Crippen molar-refractivity contribution < 1.29 is 12.8 Å². The molecule has 0 fully saturated rings. The van der Waals surface area contributed by atoms with Gasteiger partial charge < -0.3 is 5.32 Å². The molecular formula is C20H14FN5O2S. The van der Waals surface area contributed by atoms with Gasteiger partial charge in [-0.25, -0.2) is 12.8 Å². The number of halogens is 1. The van der Waals surface area contributed by atoms with Crippen LogP contribution in [0.5, 0.6) is 0 Å². The van der Waals surface area contributed by atoms with Gasteiger partial charge in [0.1, 0.15) is 11.7 Å². The third kappa shape index (κ3) is 2.99. The highest BCUT2D eigenvalue weighted by molar-refractivity contribution is 8.06. The van der Waals surface area contributed by atoms with Crippen molar-refractivity contribution in [2.75, 3.05) is 5.32 Å². The Morgan fingerprint density at radius 2 is 1.97 bits per heavy atom. The number of pyridine rings is 1. The number of hydrogen-bond donors (Lipinski definition) is 1. The van der Waals surface area contributed by atoms with Gasteiger partial charge in [0.05, 0.1) is 22.6 Å². The zero-order valence-electron chi connectivity index (χ0n) is 15.0. The van der Waals surface area contributed by atoms with Gasteiger partial charge in [-0.2, -0.15) is 5.10 Å². The van der Waals surface area contributed by atoms with Gasteiger partial charge in [0.25, 0.3) is 0 Å². The number of aromatic nitrogens is 1. The molecule has 5 rings (SSSR count). The van der Waals surface area contributed by atoms with E-state index in [0.29, 0.717) is 34.5 Å². The molecule has 0 unspecified atom stereocenters. The fourth-order valence-corrected chi connectivity index (χ4v) is 4.60. The average molecular weight is 407 g/mol. The highest BCUT2D eigenvalue weighted by Gasteiger charge is 2.25. The van der Waals surface area contributed by atoms with Crippen molar-refractivity contribution in [2.24, 2.45) is 15.2 Å². The van der Waals surface area contributed by atoms with Crippen LogP contribution in [-0.2, 0) is 16.4 Å². The molecule has 0 radical (unpaired) electrons. The zero-order chi connectivity index (χ0) is 20.0. The predicted molar refractivity (Wildman–Crippen MR) is 110 cm³/mol. The van der Waals surface area contributed by atoms with Crippen LogP contribution >= 0.6 is 0 Å². The Hall–Kier alpha value is -3.46. The van der Waals surface area contributed by atoms with E-state index in [2.05, 4.69) is 25.5 Å². The zero-order valence-corrected chi connectivity index (χ0v) is 15.8. The maximum Gasteiger partial charge on any atom is 0.222 e. The van der Waals surface area contributed by atoms with Gasteiger partial charge in [-0.05, 0) is 42.0 Å². The first kappa shape index (κ1) is 17.6. The quantitative estimate of drug-likeness (QED) is 0.705. The Balaban J connectivity index is 1.57. The number of aliphatic imine (C=N–C) groups is 1. The molecule has 3 aromatic rings. The second-order valence-electron chi connectivity index (χ2n) is 6.63. The Kier molecular flexibility index (Phi) is 3.99. The number of nitrogens with one attached hydrogen (secondary N) is 1. The molecule has 0 atom stereocenters. The normalized spacial score (nSPS) is 15.3. The third-order valence-electron chi connectivity index (χ3n) is 4.84. The van der Waals surface area contributed by atoms with Crippen LogP contribution in [0.25, 0.3) is 10.9 Å². The number of anilines is 1. The molecule has 0 spiro atoms. The van der Waals surface area contributed by atoms with Crippen molar-refractivity contribution in [1.29, 1.82) is 0 Å². The molecule has 2 aliphatic heterocycles. The first-order valence-corrected chi connectivity index (χ1v) is 10.3. The molecule has 29 heavy (non-hydrogen) atoms. The van der Waals surface area contributed by atoms with E-state index >= 15 is 0 Å². The summed E-state index contributed by atoms with van der Waals surface area (Å²) in [6.07, 6.45) is 3.25. The Labute approximate surface area is 165 Å². The molecule has 7 nitrogen and oxygen atoms in total. The van der Waals surface area contributed by atoms with E-state index in [9.17, 15) is 12.8 Å². The van der Waals surface area contributed by atoms with Crippen LogP contribution in [-0.4, -0.2) is 30.5 Å². The van der Waals surface area contributed by atoms with Gasteiger partial charge in [-0.1, -0.05) is 6.07 Å². The van der Waals surface area contributed by atoms with Crippen molar-refractivity contribution >= 4 is 43.5 Å². The van der Waals surface area contributed by atoms with Crippen LogP contribution in [0.1, 0.15) is 17.5 Å². The summed E-state index contributed by atoms with van der Waals surface area (Å²) < 4.78 is 39.3. The fraction of sp³-hybridized carbons (Fsp3) is 0.100. The van der Waals surface area contributed by atoms with Gasteiger partial charge in [0.2, 0.25) is 9.84 Å². The molecule has 1 aromatic heterocycles.